The van der Waals surface area contributed by atoms with E-state index in [0.717, 1.165) is 24.2 Å². The van der Waals surface area contributed by atoms with Crippen molar-refractivity contribution in [3.8, 4) is 5.88 Å². The van der Waals surface area contributed by atoms with Crippen LogP contribution in [0.15, 0.2) is 20.7 Å². The highest BCUT2D eigenvalue weighted by atomic mass is 79.9. The summed E-state index contributed by atoms with van der Waals surface area (Å²) < 4.78 is 0. The van der Waals surface area contributed by atoms with Crippen LogP contribution in [-0.4, -0.2) is 19.9 Å². The molecule has 1 aromatic heterocycles. The van der Waals surface area contributed by atoms with E-state index in [9.17, 15) is 9.90 Å². The molecule has 2 rings (SSSR count). The molecule has 1 aliphatic rings. The number of alkyl halides is 1. The van der Waals surface area contributed by atoms with Crippen LogP contribution in [0.5, 0.6) is 5.88 Å². The largest absolute Gasteiger partial charge is 0.492 e. The zero-order chi connectivity index (χ0) is 13.1. The Balaban J connectivity index is 2.19. The van der Waals surface area contributed by atoms with Crippen molar-refractivity contribution in [3.63, 3.8) is 0 Å². The van der Waals surface area contributed by atoms with Gasteiger partial charge in [0.1, 0.15) is 10.7 Å². The molecular formula is C12H15BrN2O2S. The van der Waals surface area contributed by atoms with Crippen molar-refractivity contribution in [1.82, 2.24) is 9.97 Å². The van der Waals surface area contributed by atoms with Crippen molar-refractivity contribution < 1.29 is 5.11 Å². The second kappa shape index (κ2) is 5.93. The minimum Gasteiger partial charge on any atom is -0.492 e. The maximum absolute atomic E-state index is 11.9. The zero-order valence-electron chi connectivity index (χ0n) is 10.1. The average Bonchev–Trinajstić information content (AvgIpc) is 2.33. The van der Waals surface area contributed by atoms with Gasteiger partial charge in [-0.3, -0.25) is 4.79 Å². The number of aromatic nitrogens is 2. The minimum atomic E-state index is -0.258. The van der Waals surface area contributed by atoms with Crippen LogP contribution in [0, 0.1) is 0 Å². The monoisotopic (exact) mass is 330 g/mol. The van der Waals surface area contributed by atoms with Crippen molar-refractivity contribution in [3.05, 3.63) is 27.2 Å². The summed E-state index contributed by atoms with van der Waals surface area (Å²) in [6.07, 6.45) is 5.66. The summed E-state index contributed by atoms with van der Waals surface area (Å²) in [5.41, 5.74) is -0.258. The van der Waals surface area contributed by atoms with E-state index in [0.29, 0.717) is 17.1 Å². The maximum atomic E-state index is 11.9. The number of thioether (sulfide) groups is 1. The molecule has 6 heteroatoms. The number of halogens is 1. The van der Waals surface area contributed by atoms with Gasteiger partial charge in [0, 0.05) is 16.2 Å². The van der Waals surface area contributed by atoms with Crippen LogP contribution in [0.4, 0.5) is 0 Å². The summed E-state index contributed by atoms with van der Waals surface area (Å²) in [6, 6.07) is 0. The molecule has 1 aliphatic carbocycles. The Morgan fingerprint density at radius 1 is 1.67 bits per heavy atom. The van der Waals surface area contributed by atoms with Gasteiger partial charge in [0.05, 0.1) is 0 Å². The lowest BCUT2D eigenvalue weighted by Gasteiger charge is -2.20. The van der Waals surface area contributed by atoms with E-state index < -0.39 is 0 Å². The van der Waals surface area contributed by atoms with E-state index in [2.05, 4.69) is 32.8 Å². The van der Waals surface area contributed by atoms with E-state index in [1.807, 2.05) is 6.08 Å². The molecule has 1 atom stereocenters. The normalized spacial score (nSPS) is 18.3. The number of aromatic hydroxyl groups is 1. The van der Waals surface area contributed by atoms with Gasteiger partial charge in [-0.1, -0.05) is 47.1 Å². The van der Waals surface area contributed by atoms with Crippen LogP contribution in [0.1, 0.15) is 32.0 Å². The highest BCUT2D eigenvalue weighted by molar-refractivity contribution is 9.09. The van der Waals surface area contributed by atoms with Crippen molar-refractivity contribution in [2.45, 2.75) is 42.3 Å². The van der Waals surface area contributed by atoms with Crippen molar-refractivity contribution in [1.29, 1.82) is 0 Å². The zero-order valence-corrected chi connectivity index (χ0v) is 12.5. The van der Waals surface area contributed by atoms with Crippen LogP contribution in [-0.2, 0) is 6.42 Å². The van der Waals surface area contributed by atoms with Crippen molar-refractivity contribution in [2.24, 2.45) is 0 Å². The van der Waals surface area contributed by atoms with Gasteiger partial charge in [0.15, 0.2) is 0 Å². The van der Waals surface area contributed by atoms with Gasteiger partial charge in [-0.05, 0) is 12.8 Å². The molecule has 0 aliphatic heterocycles. The third-order valence-electron chi connectivity index (χ3n) is 2.73. The van der Waals surface area contributed by atoms with Gasteiger partial charge in [0.25, 0.3) is 5.56 Å². The predicted octanol–water partition coefficient (Wildman–Crippen LogP) is 2.96. The van der Waals surface area contributed by atoms with E-state index in [-0.39, 0.29) is 16.3 Å². The van der Waals surface area contributed by atoms with Gasteiger partial charge in [-0.2, -0.15) is 4.98 Å². The summed E-state index contributed by atoms with van der Waals surface area (Å²) in [5, 5.41) is 9.83. The summed E-state index contributed by atoms with van der Waals surface area (Å²) in [7, 11) is 0. The first-order valence-corrected chi connectivity index (χ1v) is 7.69. The van der Waals surface area contributed by atoms with E-state index in [4.69, 9.17) is 0 Å². The summed E-state index contributed by atoms with van der Waals surface area (Å²) in [5.74, 6) is 0.393. The number of allylic oxidation sites excluding steroid dienone is 2. The Hall–Kier alpha value is -0.750. The molecule has 0 amide bonds. The fourth-order valence-corrected chi connectivity index (χ4v) is 3.15. The van der Waals surface area contributed by atoms with E-state index in [1.165, 1.54) is 11.8 Å². The number of hydrogen-bond donors (Lipinski definition) is 2. The number of rotatable bonds is 5. The van der Waals surface area contributed by atoms with Gasteiger partial charge in [0.2, 0.25) is 5.88 Å². The molecule has 0 radical (unpaired) electrons. The number of H-pyrrole nitrogens is 1. The maximum Gasteiger partial charge on any atom is 0.268 e. The molecule has 0 saturated carbocycles. The highest BCUT2D eigenvalue weighted by Crippen LogP contribution is 2.40. The van der Waals surface area contributed by atoms with Crippen LogP contribution >= 0.6 is 27.7 Å². The number of unbranched alkanes of at least 4 members (excludes halogenated alkanes) is 1. The Bertz CT molecular complexity index is 527. The molecule has 4 nitrogen and oxygen atoms in total. The summed E-state index contributed by atoms with van der Waals surface area (Å²) >= 11 is 4.76. The third-order valence-corrected chi connectivity index (χ3v) is 5.16. The van der Waals surface area contributed by atoms with Crippen LogP contribution in [0.3, 0.4) is 0 Å². The highest BCUT2D eigenvalue weighted by Gasteiger charge is 2.22. The lowest BCUT2D eigenvalue weighted by molar-refractivity contribution is 0.431. The Morgan fingerprint density at radius 3 is 2.94 bits per heavy atom. The summed E-state index contributed by atoms with van der Waals surface area (Å²) in [4.78, 5) is 20.3. The predicted molar refractivity (Wildman–Crippen MR) is 76.4 cm³/mol. The first-order valence-electron chi connectivity index (χ1n) is 5.96. The molecule has 1 aromatic rings. The Morgan fingerprint density at radius 2 is 2.44 bits per heavy atom. The molecule has 0 saturated heterocycles. The van der Waals surface area contributed by atoms with Crippen LogP contribution in [0.25, 0.3) is 0 Å². The second-order valence-corrected chi connectivity index (χ2v) is 6.37. The minimum absolute atomic E-state index is 0.164. The fourth-order valence-electron chi connectivity index (χ4n) is 1.58. The topological polar surface area (TPSA) is 66.0 Å². The van der Waals surface area contributed by atoms with Crippen LogP contribution < -0.4 is 5.56 Å². The second-order valence-electron chi connectivity index (χ2n) is 4.18. The number of nitrogens with zero attached hydrogens (tertiary/aromatic N) is 1. The molecule has 0 bridgehead atoms. The first kappa shape index (κ1) is 13.7. The SMILES string of the molecule is CCCCc1nc(O)c(SC2=CC[C@@H]2Br)c(=O)[nH]1. The van der Waals surface area contributed by atoms with Crippen LogP contribution in [0.2, 0.25) is 0 Å². The van der Waals surface area contributed by atoms with Gasteiger partial charge >= 0.3 is 0 Å². The quantitative estimate of drug-likeness (QED) is 0.814. The molecule has 2 N–H and O–H groups in total. The molecule has 0 spiro atoms. The third kappa shape index (κ3) is 2.98. The average molecular weight is 331 g/mol. The smallest absolute Gasteiger partial charge is 0.268 e. The number of aryl methyl sites for hydroxylation is 1. The van der Waals surface area contributed by atoms with E-state index in [1.54, 1.807) is 0 Å². The Kier molecular flexibility index (Phi) is 4.50. The number of nitrogens with one attached hydrogen (secondary N) is 1. The Labute approximate surface area is 118 Å². The number of aromatic amines is 1. The first-order chi connectivity index (χ1) is 8.61. The van der Waals surface area contributed by atoms with Gasteiger partial charge < -0.3 is 10.1 Å². The lowest BCUT2D eigenvalue weighted by atomic mass is 10.1. The molecule has 98 valence electrons. The number of hydrogen-bond acceptors (Lipinski definition) is 4. The van der Waals surface area contributed by atoms with Crippen molar-refractivity contribution >= 4 is 27.7 Å². The van der Waals surface area contributed by atoms with Gasteiger partial charge in [-0.15, -0.1) is 0 Å². The molecule has 1 heterocycles. The van der Waals surface area contributed by atoms with E-state index >= 15 is 0 Å². The standard InChI is InChI=1S/C12H15BrN2O2S/c1-2-3-4-9-14-11(16)10(12(17)15-9)18-8-6-5-7(8)13/h6-7H,2-5H2,1H3,(H2,14,15,16,17)/t7-/m0/s1. The molecule has 0 fully saturated rings. The summed E-state index contributed by atoms with van der Waals surface area (Å²) in [6.45, 7) is 2.07. The molecule has 0 aromatic carbocycles. The molecule has 0 unspecified atom stereocenters. The molecule has 18 heavy (non-hydrogen) atoms. The fraction of sp³-hybridized carbons (Fsp3) is 0.500. The van der Waals surface area contributed by atoms with Gasteiger partial charge in [-0.25, -0.2) is 0 Å². The molecular weight excluding hydrogens is 316 g/mol. The lowest BCUT2D eigenvalue weighted by Crippen LogP contribution is -2.16. The van der Waals surface area contributed by atoms with Crippen molar-refractivity contribution in [2.75, 3.05) is 0 Å².